The van der Waals surface area contributed by atoms with Gasteiger partial charge in [0.25, 0.3) is 0 Å². The first-order valence-corrected chi connectivity index (χ1v) is 19.0. The number of ketones is 1. The summed E-state index contributed by atoms with van der Waals surface area (Å²) in [6.45, 7) is 15.9. The van der Waals surface area contributed by atoms with Crippen LogP contribution in [-0.4, -0.2) is 90.8 Å². The van der Waals surface area contributed by atoms with Crippen molar-refractivity contribution in [2.75, 3.05) is 73.6 Å². The number of carbonyl (C=O) groups is 1. The van der Waals surface area contributed by atoms with Gasteiger partial charge in [-0.05, 0) is 105 Å². The highest BCUT2D eigenvalue weighted by Gasteiger charge is 2.61. The minimum atomic E-state index is -0.152. The van der Waals surface area contributed by atoms with Crippen LogP contribution in [0.4, 0.5) is 17.6 Å². The predicted octanol–water partition coefficient (Wildman–Crippen LogP) is 5.55. The molecule has 0 aromatic carbocycles. The van der Waals surface area contributed by atoms with Gasteiger partial charge in [-0.15, -0.1) is 0 Å². The summed E-state index contributed by atoms with van der Waals surface area (Å²) >= 11 is 0. The van der Waals surface area contributed by atoms with Gasteiger partial charge in [0.05, 0.1) is 12.6 Å². The summed E-state index contributed by atoms with van der Waals surface area (Å²) < 4.78 is 0. The van der Waals surface area contributed by atoms with Gasteiger partial charge in [0, 0.05) is 64.3 Å². The highest BCUT2D eigenvalue weighted by atomic mass is 16.3. The predicted molar refractivity (Wildman–Crippen MR) is 184 cm³/mol. The zero-order valence-electron chi connectivity index (χ0n) is 28.8. The van der Waals surface area contributed by atoms with Gasteiger partial charge < -0.3 is 19.8 Å². The smallest absolute Gasteiger partial charge is 0.229 e. The number of fused-ring (bicyclic) bond motifs is 5. The Morgan fingerprint density at radius 2 is 1.52 bits per heavy atom. The number of carbonyl (C=O) groups excluding carboxylic acids is 1. The Hall–Kier alpha value is -2.19. The average molecular weight is 631 g/mol. The zero-order chi connectivity index (χ0) is 31.6. The maximum Gasteiger partial charge on any atom is 0.229 e. The van der Waals surface area contributed by atoms with E-state index in [1.54, 1.807) is 0 Å². The Morgan fingerprint density at radius 3 is 2.22 bits per heavy atom. The van der Waals surface area contributed by atoms with Crippen LogP contribution in [0.2, 0.25) is 0 Å². The van der Waals surface area contributed by atoms with E-state index in [1.807, 2.05) is 0 Å². The van der Waals surface area contributed by atoms with Crippen LogP contribution in [0.1, 0.15) is 91.4 Å². The molecule has 8 atom stereocenters. The van der Waals surface area contributed by atoms with Gasteiger partial charge in [0.15, 0.2) is 5.78 Å². The third-order valence-electron chi connectivity index (χ3n) is 14.3. The van der Waals surface area contributed by atoms with E-state index < -0.39 is 0 Å². The Labute approximate surface area is 277 Å². The molecule has 1 N–H and O–H groups in total. The normalized spacial score (nSPS) is 39.7. The lowest BCUT2D eigenvalue weighted by Crippen LogP contribution is -2.53. The fourth-order valence-electron chi connectivity index (χ4n) is 11.9. The second-order valence-electron chi connectivity index (χ2n) is 16.9. The van der Waals surface area contributed by atoms with E-state index in [-0.39, 0.29) is 22.9 Å². The molecule has 7 aliphatic rings. The molecule has 3 saturated heterocycles. The number of hydrogen-bond donors (Lipinski definition) is 1. The number of anilines is 3. The van der Waals surface area contributed by atoms with Crippen molar-refractivity contribution in [3.63, 3.8) is 0 Å². The molecule has 8 heteroatoms. The number of aliphatic hydroxyl groups excluding tert-OH is 1. The van der Waals surface area contributed by atoms with Gasteiger partial charge in [0.1, 0.15) is 11.6 Å². The topological polar surface area (TPSA) is 76.0 Å². The lowest BCUT2D eigenvalue weighted by molar-refractivity contribution is -0.132. The Kier molecular flexibility index (Phi) is 8.15. The van der Waals surface area contributed by atoms with E-state index in [9.17, 15) is 9.90 Å². The molecule has 46 heavy (non-hydrogen) atoms. The Morgan fingerprint density at radius 1 is 0.870 bits per heavy atom. The van der Waals surface area contributed by atoms with Gasteiger partial charge in [-0.2, -0.15) is 9.97 Å². The molecule has 1 aromatic heterocycles. The first-order valence-electron chi connectivity index (χ1n) is 19.0. The molecule has 6 fully saturated rings. The van der Waals surface area contributed by atoms with Gasteiger partial charge in [-0.25, -0.2) is 0 Å². The van der Waals surface area contributed by atoms with Gasteiger partial charge >= 0.3 is 0 Å². The van der Waals surface area contributed by atoms with Crippen LogP contribution in [0.25, 0.3) is 0 Å². The molecule has 4 heterocycles. The first-order chi connectivity index (χ1) is 22.2. The van der Waals surface area contributed by atoms with Crippen LogP contribution in [-0.2, 0) is 4.79 Å². The van der Waals surface area contributed by atoms with Crippen molar-refractivity contribution < 1.29 is 9.90 Å². The molecule has 4 aliphatic carbocycles. The van der Waals surface area contributed by atoms with Gasteiger partial charge in [-0.1, -0.05) is 32.4 Å². The number of hydrogen-bond acceptors (Lipinski definition) is 8. The molecule has 0 radical (unpaired) electrons. The summed E-state index contributed by atoms with van der Waals surface area (Å²) in [5.41, 5.74) is 1.91. The molecule has 0 amide bonds. The minimum Gasteiger partial charge on any atom is -0.393 e. The van der Waals surface area contributed by atoms with Crippen molar-refractivity contribution in [1.82, 2.24) is 14.9 Å². The number of aliphatic hydroxyl groups is 1. The number of aromatic nitrogens is 2. The molecule has 3 aliphatic heterocycles. The van der Waals surface area contributed by atoms with E-state index in [0.29, 0.717) is 36.0 Å². The van der Waals surface area contributed by atoms with E-state index in [0.717, 1.165) is 95.6 Å². The highest BCUT2D eigenvalue weighted by Crippen LogP contribution is 2.67. The van der Waals surface area contributed by atoms with Crippen molar-refractivity contribution in [3.8, 4) is 0 Å². The van der Waals surface area contributed by atoms with E-state index >= 15 is 0 Å². The van der Waals surface area contributed by atoms with Crippen LogP contribution in [0.5, 0.6) is 0 Å². The molecule has 3 saturated carbocycles. The largest absolute Gasteiger partial charge is 0.393 e. The Bertz CT molecular complexity index is 1300. The van der Waals surface area contributed by atoms with Crippen molar-refractivity contribution in [3.05, 3.63) is 17.7 Å². The lowest BCUT2D eigenvalue weighted by Gasteiger charge is -2.58. The molecular formula is C38H58N6O2. The molecule has 0 bridgehead atoms. The third kappa shape index (κ3) is 5.28. The monoisotopic (exact) mass is 630 g/mol. The third-order valence-corrected chi connectivity index (χ3v) is 14.3. The van der Waals surface area contributed by atoms with Crippen LogP contribution in [0.3, 0.4) is 0 Å². The van der Waals surface area contributed by atoms with E-state index in [2.05, 4.69) is 52.5 Å². The van der Waals surface area contributed by atoms with Gasteiger partial charge in [0.2, 0.25) is 5.95 Å². The van der Waals surface area contributed by atoms with E-state index in [1.165, 1.54) is 50.5 Å². The molecule has 252 valence electrons. The summed E-state index contributed by atoms with van der Waals surface area (Å²) in [4.78, 5) is 34.1. The van der Waals surface area contributed by atoms with Crippen molar-refractivity contribution in [2.45, 2.75) is 97.5 Å². The number of piperazine rings is 1. The zero-order valence-corrected chi connectivity index (χ0v) is 28.8. The number of nitrogens with zero attached hydrogens (tertiary/aromatic N) is 6. The standard InChI is InChI=1S/C38H58N6O2/c1-26-22-31-29-9-8-27-23-28(45)10-12-37(27,2)30(29)11-13-38(31,3)35(26)32(46)25-41-18-20-43(21-19-41)34-24-33(42-14-4-5-15-42)39-36(40-34)44-16-6-7-17-44/h8,24,26,28-31,35,45H,4-7,9-23,25H2,1-3H3/t26-,28?,29-,30+,31+,35-,37+,38+/m1/s1. The summed E-state index contributed by atoms with van der Waals surface area (Å²) in [7, 11) is 0. The van der Waals surface area contributed by atoms with Crippen LogP contribution >= 0.6 is 0 Å². The van der Waals surface area contributed by atoms with Crippen molar-refractivity contribution in [2.24, 2.45) is 40.4 Å². The number of rotatable bonds is 6. The molecule has 0 spiro atoms. The molecular weight excluding hydrogens is 572 g/mol. The maximum absolute atomic E-state index is 14.3. The van der Waals surface area contributed by atoms with Gasteiger partial charge in [-0.3, -0.25) is 9.69 Å². The molecule has 1 unspecified atom stereocenters. The summed E-state index contributed by atoms with van der Waals surface area (Å²) in [5.74, 6) is 6.24. The van der Waals surface area contributed by atoms with Crippen LogP contribution in [0.15, 0.2) is 17.7 Å². The first kappa shape index (κ1) is 31.1. The van der Waals surface area contributed by atoms with Crippen LogP contribution in [0, 0.1) is 40.4 Å². The summed E-state index contributed by atoms with van der Waals surface area (Å²) in [6.07, 6.45) is 15.0. The molecule has 8 nitrogen and oxygen atoms in total. The summed E-state index contributed by atoms with van der Waals surface area (Å²) in [5, 5.41) is 10.4. The number of allylic oxidation sites excluding steroid dienone is 1. The fourth-order valence-corrected chi connectivity index (χ4v) is 11.9. The van der Waals surface area contributed by atoms with Crippen molar-refractivity contribution >= 4 is 23.4 Å². The average Bonchev–Trinajstić information content (AvgIpc) is 3.83. The SMILES string of the molecule is C[C@@H]1C[C@H]2[C@@H]3CC=C4CC(O)CC[C@]4(C)[C@H]3CC[C@]2(C)[C@H]1C(=O)CN1CCN(c2cc(N3CCCC3)nc(N3CCCC3)n2)CC1. The fraction of sp³-hybridized carbons (Fsp3) is 0.816. The molecule has 1 aromatic rings. The number of Topliss-reactive ketones (excluding diaryl/α,β-unsaturated/α-hetero) is 1. The minimum absolute atomic E-state index is 0.119. The van der Waals surface area contributed by atoms with E-state index in [4.69, 9.17) is 9.97 Å². The van der Waals surface area contributed by atoms with Crippen LogP contribution < -0.4 is 14.7 Å². The second kappa shape index (κ2) is 12.0. The highest BCUT2D eigenvalue weighted by molar-refractivity contribution is 5.84. The van der Waals surface area contributed by atoms with Crippen molar-refractivity contribution in [1.29, 1.82) is 0 Å². The lowest BCUT2D eigenvalue weighted by atomic mass is 9.47. The second-order valence-corrected chi connectivity index (χ2v) is 16.9. The maximum atomic E-state index is 14.3. The Balaban J connectivity index is 0.929. The quantitative estimate of drug-likeness (QED) is 0.410. The molecule has 8 rings (SSSR count). The summed E-state index contributed by atoms with van der Waals surface area (Å²) in [6, 6.07) is 2.22.